The van der Waals surface area contributed by atoms with Gasteiger partial charge in [-0.15, -0.1) is 0 Å². The van der Waals surface area contributed by atoms with E-state index in [9.17, 15) is 14.7 Å². The number of para-hydroxylation sites is 1. The van der Waals surface area contributed by atoms with E-state index in [-0.39, 0.29) is 6.04 Å². The van der Waals surface area contributed by atoms with Crippen molar-refractivity contribution in [1.29, 1.82) is 0 Å². The SMILES string of the molecule is CCCN(C(=O)Oc1cccc(N(C(=O)O)C(C)C)c1)c1ccccc1. The van der Waals surface area contributed by atoms with Crippen LogP contribution in [0.5, 0.6) is 5.75 Å². The van der Waals surface area contributed by atoms with Crippen molar-refractivity contribution in [1.82, 2.24) is 0 Å². The second-order valence-electron chi connectivity index (χ2n) is 6.10. The van der Waals surface area contributed by atoms with Gasteiger partial charge in [0, 0.05) is 24.3 Å². The third-order valence-corrected chi connectivity index (χ3v) is 3.76. The Morgan fingerprint density at radius 1 is 1.04 bits per heavy atom. The fourth-order valence-corrected chi connectivity index (χ4v) is 2.64. The van der Waals surface area contributed by atoms with Crippen LogP contribution < -0.4 is 14.5 Å². The molecule has 138 valence electrons. The molecule has 2 rings (SSSR count). The van der Waals surface area contributed by atoms with Crippen molar-refractivity contribution in [2.75, 3.05) is 16.3 Å². The van der Waals surface area contributed by atoms with E-state index < -0.39 is 12.2 Å². The van der Waals surface area contributed by atoms with Gasteiger partial charge >= 0.3 is 12.2 Å². The number of hydrogen-bond acceptors (Lipinski definition) is 3. The van der Waals surface area contributed by atoms with Gasteiger partial charge in [0.1, 0.15) is 5.75 Å². The van der Waals surface area contributed by atoms with E-state index in [4.69, 9.17) is 4.74 Å². The zero-order chi connectivity index (χ0) is 19.1. The molecule has 0 aliphatic heterocycles. The van der Waals surface area contributed by atoms with Crippen molar-refractivity contribution in [2.45, 2.75) is 33.2 Å². The van der Waals surface area contributed by atoms with Gasteiger partial charge in [-0.1, -0.05) is 31.2 Å². The summed E-state index contributed by atoms with van der Waals surface area (Å²) in [5.41, 5.74) is 1.21. The Hall–Kier alpha value is -3.02. The normalized spacial score (nSPS) is 10.5. The molecule has 0 heterocycles. The van der Waals surface area contributed by atoms with Gasteiger partial charge in [-0.05, 0) is 44.5 Å². The van der Waals surface area contributed by atoms with E-state index in [1.165, 1.54) is 4.90 Å². The van der Waals surface area contributed by atoms with Crippen LogP contribution in [-0.2, 0) is 0 Å². The highest BCUT2D eigenvalue weighted by Crippen LogP contribution is 2.24. The Bertz CT molecular complexity index is 746. The maximum Gasteiger partial charge on any atom is 0.419 e. The number of carbonyl (C=O) groups excluding carboxylic acids is 1. The Kier molecular flexibility index (Phi) is 6.60. The summed E-state index contributed by atoms with van der Waals surface area (Å²) < 4.78 is 5.50. The lowest BCUT2D eigenvalue weighted by Gasteiger charge is -2.24. The van der Waals surface area contributed by atoms with E-state index in [0.29, 0.717) is 18.0 Å². The predicted octanol–water partition coefficient (Wildman–Crippen LogP) is 4.99. The Labute approximate surface area is 153 Å². The number of ether oxygens (including phenoxy) is 1. The third-order valence-electron chi connectivity index (χ3n) is 3.76. The van der Waals surface area contributed by atoms with Crippen molar-refractivity contribution in [3.63, 3.8) is 0 Å². The van der Waals surface area contributed by atoms with Crippen molar-refractivity contribution in [3.05, 3.63) is 54.6 Å². The molecule has 0 saturated carbocycles. The van der Waals surface area contributed by atoms with Crippen molar-refractivity contribution in [3.8, 4) is 5.75 Å². The lowest BCUT2D eigenvalue weighted by atomic mass is 10.2. The molecule has 0 aromatic heterocycles. The van der Waals surface area contributed by atoms with Gasteiger partial charge < -0.3 is 9.84 Å². The molecule has 0 aliphatic carbocycles. The number of hydrogen-bond donors (Lipinski definition) is 1. The molecule has 6 nitrogen and oxygen atoms in total. The summed E-state index contributed by atoms with van der Waals surface area (Å²) in [5.74, 6) is 0.302. The molecule has 0 atom stereocenters. The first-order valence-electron chi connectivity index (χ1n) is 8.60. The average molecular weight is 356 g/mol. The summed E-state index contributed by atoms with van der Waals surface area (Å²) in [7, 11) is 0. The first kappa shape index (κ1) is 19.3. The van der Waals surface area contributed by atoms with Crippen LogP contribution in [0.4, 0.5) is 21.0 Å². The molecule has 0 radical (unpaired) electrons. The predicted molar refractivity (Wildman–Crippen MR) is 102 cm³/mol. The minimum atomic E-state index is -1.06. The fraction of sp³-hybridized carbons (Fsp3) is 0.300. The van der Waals surface area contributed by atoms with Gasteiger partial charge in [0.2, 0.25) is 0 Å². The van der Waals surface area contributed by atoms with E-state index in [0.717, 1.165) is 12.1 Å². The molecule has 0 unspecified atom stereocenters. The van der Waals surface area contributed by atoms with Crippen LogP contribution in [0.1, 0.15) is 27.2 Å². The molecule has 0 saturated heterocycles. The van der Waals surface area contributed by atoms with Crippen LogP contribution in [-0.4, -0.2) is 29.9 Å². The third kappa shape index (κ3) is 4.75. The number of amides is 2. The van der Waals surface area contributed by atoms with Gasteiger partial charge in [0.15, 0.2) is 0 Å². The summed E-state index contributed by atoms with van der Waals surface area (Å²) in [5, 5.41) is 9.39. The number of carboxylic acid groups (broad SMARTS) is 1. The van der Waals surface area contributed by atoms with Crippen molar-refractivity contribution >= 4 is 23.6 Å². The second kappa shape index (κ2) is 8.89. The molecule has 1 N–H and O–H groups in total. The lowest BCUT2D eigenvalue weighted by Crippen LogP contribution is -2.36. The van der Waals surface area contributed by atoms with Gasteiger partial charge in [-0.2, -0.15) is 0 Å². The standard InChI is InChI=1S/C20H24N2O4/c1-4-13-21(16-9-6-5-7-10-16)20(25)26-18-12-8-11-17(14-18)22(15(2)3)19(23)24/h5-12,14-15H,4,13H2,1-3H3,(H,23,24). The molecule has 0 bridgehead atoms. The molecule has 0 spiro atoms. The van der Waals surface area contributed by atoms with E-state index in [2.05, 4.69) is 0 Å². The highest BCUT2D eigenvalue weighted by molar-refractivity contribution is 5.90. The van der Waals surface area contributed by atoms with Crippen LogP contribution in [0.3, 0.4) is 0 Å². The Morgan fingerprint density at radius 3 is 2.27 bits per heavy atom. The van der Waals surface area contributed by atoms with Gasteiger partial charge in [-0.3, -0.25) is 9.80 Å². The Morgan fingerprint density at radius 2 is 1.69 bits per heavy atom. The molecular formula is C20H24N2O4. The monoisotopic (exact) mass is 356 g/mol. The summed E-state index contributed by atoms with van der Waals surface area (Å²) >= 11 is 0. The van der Waals surface area contributed by atoms with Gasteiger partial charge in [-0.25, -0.2) is 9.59 Å². The van der Waals surface area contributed by atoms with Crippen LogP contribution in [0.2, 0.25) is 0 Å². The molecule has 2 aromatic rings. The van der Waals surface area contributed by atoms with Crippen LogP contribution in [0.25, 0.3) is 0 Å². The summed E-state index contributed by atoms with van der Waals surface area (Å²) in [4.78, 5) is 26.9. The number of carbonyl (C=O) groups is 2. The van der Waals surface area contributed by atoms with Crippen LogP contribution in [0, 0.1) is 0 Å². The summed E-state index contributed by atoms with van der Waals surface area (Å²) in [6.45, 7) is 6.07. The first-order chi connectivity index (χ1) is 12.4. The summed E-state index contributed by atoms with van der Waals surface area (Å²) in [6, 6.07) is 15.6. The lowest BCUT2D eigenvalue weighted by molar-refractivity contribution is 0.200. The maximum absolute atomic E-state index is 12.6. The fourth-order valence-electron chi connectivity index (χ4n) is 2.64. The van der Waals surface area contributed by atoms with Crippen molar-refractivity contribution < 1.29 is 19.4 Å². The molecule has 2 aromatic carbocycles. The van der Waals surface area contributed by atoms with E-state index in [1.807, 2.05) is 37.3 Å². The average Bonchev–Trinajstić information content (AvgIpc) is 2.60. The minimum Gasteiger partial charge on any atom is -0.465 e. The van der Waals surface area contributed by atoms with E-state index in [1.54, 1.807) is 43.0 Å². The quantitative estimate of drug-likeness (QED) is 0.791. The summed E-state index contributed by atoms with van der Waals surface area (Å²) in [6.07, 6.45) is -0.772. The molecule has 0 aliphatic rings. The number of benzene rings is 2. The number of nitrogens with zero attached hydrogens (tertiary/aromatic N) is 2. The molecule has 2 amide bonds. The van der Waals surface area contributed by atoms with E-state index >= 15 is 0 Å². The topological polar surface area (TPSA) is 70.1 Å². The van der Waals surface area contributed by atoms with Gasteiger partial charge in [0.25, 0.3) is 0 Å². The largest absolute Gasteiger partial charge is 0.465 e. The minimum absolute atomic E-state index is 0.237. The van der Waals surface area contributed by atoms with Crippen molar-refractivity contribution in [2.24, 2.45) is 0 Å². The van der Waals surface area contributed by atoms with Gasteiger partial charge in [0.05, 0.1) is 5.69 Å². The Balaban J connectivity index is 2.22. The first-order valence-corrected chi connectivity index (χ1v) is 8.60. The smallest absolute Gasteiger partial charge is 0.419 e. The maximum atomic E-state index is 12.6. The number of anilines is 2. The highest BCUT2D eigenvalue weighted by atomic mass is 16.6. The molecule has 26 heavy (non-hydrogen) atoms. The number of rotatable bonds is 6. The van der Waals surface area contributed by atoms with Crippen LogP contribution in [0.15, 0.2) is 54.6 Å². The highest BCUT2D eigenvalue weighted by Gasteiger charge is 2.20. The molecular weight excluding hydrogens is 332 g/mol. The molecule has 0 fully saturated rings. The zero-order valence-corrected chi connectivity index (χ0v) is 15.3. The molecule has 6 heteroatoms. The second-order valence-corrected chi connectivity index (χ2v) is 6.10. The van der Waals surface area contributed by atoms with Crippen LogP contribution >= 0.6 is 0 Å². The zero-order valence-electron chi connectivity index (χ0n) is 15.3.